The smallest absolute Gasteiger partial charge is 0.467 e. The summed E-state index contributed by atoms with van der Waals surface area (Å²) in [4.78, 5) is 0. The summed E-state index contributed by atoms with van der Waals surface area (Å²) in [6, 6.07) is 3.59. The number of hydrogen-bond acceptors (Lipinski definition) is 4. The maximum atomic E-state index is 13.1. The van der Waals surface area contributed by atoms with Crippen molar-refractivity contribution in [3.05, 3.63) is 24.0 Å². The fraction of sp³-hybridized carbons (Fsp3) is 0.455. The largest absolute Gasteiger partial charge is 0.488 e. The lowest BCUT2D eigenvalue weighted by Crippen LogP contribution is -2.30. The fourth-order valence-corrected chi connectivity index (χ4v) is 1.43. The van der Waals surface area contributed by atoms with E-state index in [1.807, 2.05) is 0 Å². The number of rotatable bonds is 6. The van der Waals surface area contributed by atoms with Crippen molar-refractivity contribution in [2.75, 3.05) is 13.4 Å². The first kappa shape index (κ1) is 12.4. The second kappa shape index (κ2) is 5.49. The lowest BCUT2D eigenvalue weighted by molar-refractivity contribution is 0.00987. The predicted octanol–water partition coefficient (Wildman–Crippen LogP) is 0.268. The molecule has 4 nitrogen and oxygen atoms in total. The summed E-state index contributed by atoms with van der Waals surface area (Å²) >= 11 is 0. The van der Waals surface area contributed by atoms with Crippen LogP contribution in [-0.2, 0) is 4.74 Å². The maximum absolute atomic E-state index is 13.1. The van der Waals surface area contributed by atoms with Crippen LogP contribution in [0.5, 0.6) is 5.75 Å². The van der Waals surface area contributed by atoms with Crippen molar-refractivity contribution in [1.29, 1.82) is 0 Å². The molecule has 0 aromatic heterocycles. The van der Waals surface area contributed by atoms with Crippen LogP contribution < -0.4 is 10.2 Å². The molecule has 1 fully saturated rings. The molecule has 1 aromatic carbocycles. The lowest BCUT2D eigenvalue weighted by atomic mass is 9.80. The van der Waals surface area contributed by atoms with Gasteiger partial charge in [0.05, 0.1) is 6.61 Å². The molecule has 0 spiro atoms. The first-order valence-corrected chi connectivity index (χ1v) is 5.52. The van der Waals surface area contributed by atoms with Crippen LogP contribution in [0.3, 0.4) is 0 Å². The molecule has 2 rings (SSSR count). The highest BCUT2D eigenvalue weighted by atomic mass is 19.1. The molecular formula is C11H14BFO4. The highest BCUT2D eigenvalue weighted by Crippen LogP contribution is 2.28. The summed E-state index contributed by atoms with van der Waals surface area (Å²) in [7, 11) is -1.71. The van der Waals surface area contributed by atoms with Crippen molar-refractivity contribution in [2.24, 2.45) is 5.92 Å². The first-order valence-electron chi connectivity index (χ1n) is 5.52. The Kier molecular flexibility index (Phi) is 3.99. The van der Waals surface area contributed by atoms with Crippen LogP contribution in [0.15, 0.2) is 18.2 Å². The predicted molar refractivity (Wildman–Crippen MR) is 60.4 cm³/mol. The summed E-state index contributed by atoms with van der Waals surface area (Å²) in [6.07, 6.45) is 2.39. The standard InChI is InChI=1S/C11H14BFO4/c13-10-3-9(12(14)15)4-11(5-10)17-7-16-6-8-1-2-8/h3-5,8,14-15H,1-2,6-7H2. The van der Waals surface area contributed by atoms with Crippen molar-refractivity contribution >= 4 is 12.6 Å². The Labute approximate surface area is 99.1 Å². The summed E-state index contributed by atoms with van der Waals surface area (Å²) in [5.74, 6) is 0.289. The Morgan fingerprint density at radius 2 is 2.06 bits per heavy atom. The van der Waals surface area contributed by atoms with Gasteiger partial charge in [-0.3, -0.25) is 0 Å². The molecule has 92 valence electrons. The first-order chi connectivity index (χ1) is 8.15. The molecule has 1 aliphatic carbocycles. The van der Waals surface area contributed by atoms with Gasteiger partial charge in [0.15, 0.2) is 6.79 Å². The molecule has 1 saturated carbocycles. The summed E-state index contributed by atoms with van der Waals surface area (Å²) in [5, 5.41) is 17.9. The molecule has 17 heavy (non-hydrogen) atoms. The lowest BCUT2D eigenvalue weighted by Gasteiger charge is -2.08. The van der Waals surface area contributed by atoms with Gasteiger partial charge in [-0.05, 0) is 36.4 Å². The quantitative estimate of drug-likeness (QED) is 0.425. The van der Waals surface area contributed by atoms with E-state index >= 15 is 0 Å². The van der Waals surface area contributed by atoms with Gasteiger partial charge in [0, 0.05) is 6.07 Å². The second-order valence-corrected chi connectivity index (χ2v) is 4.17. The Balaban J connectivity index is 1.85. The van der Waals surface area contributed by atoms with Gasteiger partial charge >= 0.3 is 7.12 Å². The average Bonchev–Trinajstić information content (AvgIpc) is 3.07. The third-order valence-corrected chi connectivity index (χ3v) is 2.55. The highest BCUT2D eigenvalue weighted by Gasteiger charge is 2.21. The van der Waals surface area contributed by atoms with Gasteiger partial charge in [-0.2, -0.15) is 0 Å². The van der Waals surface area contributed by atoms with Crippen LogP contribution in [0, 0.1) is 11.7 Å². The van der Waals surface area contributed by atoms with Crippen molar-refractivity contribution in [3.8, 4) is 5.75 Å². The Bertz CT molecular complexity index is 382. The minimum atomic E-state index is -1.71. The van der Waals surface area contributed by atoms with E-state index < -0.39 is 12.9 Å². The SMILES string of the molecule is OB(O)c1cc(F)cc(OCOCC2CC2)c1. The number of halogens is 1. The van der Waals surface area contributed by atoms with E-state index in [-0.39, 0.29) is 18.0 Å². The van der Waals surface area contributed by atoms with Gasteiger partial charge in [0.1, 0.15) is 11.6 Å². The number of ether oxygens (including phenoxy) is 2. The molecule has 0 atom stereocenters. The highest BCUT2D eigenvalue weighted by molar-refractivity contribution is 6.58. The van der Waals surface area contributed by atoms with Crippen LogP contribution in [0.4, 0.5) is 4.39 Å². The minimum absolute atomic E-state index is 0.0426. The van der Waals surface area contributed by atoms with Crippen LogP contribution in [0.2, 0.25) is 0 Å². The zero-order valence-electron chi connectivity index (χ0n) is 9.30. The molecular weight excluding hydrogens is 226 g/mol. The van der Waals surface area contributed by atoms with Crippen LogP contribution >= 0.6 is 0 Å². The molecule has 1 aliphatic rings. The van der Waals surface area contributed by atoms with Gasteiger partial charge in [0.25, 0.3) is 0 Å². The van der Waals surface area contributed by atoms with Crippen LogP contribution in [-0.4, -0.2) is 30.6 Å². The Morgan fingerprint density at radius 1 is 1.29 bits per heavy atom. The Hall–Kier alpha value is -1.11. The van der Waals surface area contributed by atoms with Crippen molar-refractivity contribution < 1.29 is 23.9 Å². The van der Waals surface area contributed by atoms with E-state index in [4.69, 9.17) is 19.5 Å². The van der Waals surface area contributed by atoms with Gasteiger partial charge in [-0.15, -0.1) is 0 Å². The van der Waals surface area contributed by atoms with Crippen LogP contribution in [0.1, 0.15) is 12.8 Å². The molecule has 2 N–H and O–H groups in total. The maximum Gasteiger partial charge on any atom is 0.488 e. The zero-order chi connectivity index (χ0) is 12.3. The van der Waals surface area contributed by atoms with Gasteiger partial charge in [-0.25, -0.2) is 4.39 Å². The van der Waals surface area contributed by atoms with E-state index in [9.17, 15) is 4.39 Å². The third kappa shape index (κ3) is 4.00. The summed E-state index contributed by atoms with van der Waals surface area (Å²) in [6.45, 7) is 0.700. The third-order valence-electron chi connectivity index (χ3n) is 2.55. The van der Waals surface area contributed by atoms with E-state index in [0.717, 1.165) is 6.07 Å². The molecule has 6 heteroatoms. The van der Waals surface area contributed by atoms with Crippen LogP contribution in [0.25, 0.3) is 0 Å². The molecule has 0 bridgehead atoms. The molecule has 0 amide bonds. The monoisotopic (exact) mass is 240 g/mol. The van der Waals surface area contributed by atoms with Crippen molar-refractivity contribution in [1.82, 2.24) is 0 Å². The molecule has 0 radical (unpaired) electrons. The fourth-order valence-electron chi connectivity index (χ4n) is 1.43. The van der Waals surface area contributed by atoms with Crippen molar-refractivity contribution in [3.63, 3.8) is 0 Å². The number of benzene rings is 1. The second-order valence-electron chi connectivity index (χ2n) is 4.17. The average molecular weight is 240 g/mol. The van der Waals surface area contributed by atoms with Crippen molar-refractivity contribution in [2.45, 2.75) is 12.8 Å². The van der Waals surface area contributed by atoms with Gasteiger partial charge < -0.3 is 19.5 Å². The topological polar surface area (TPSA) is 58.9 Å². The van der Waals surface area contributed by atoms with Gasteiger partial charge in [-0.1, -0.05) is 0 Å². The summed E-state index contributed by atoms with van der Waals surface area (Å²) < 4.78 is 23.5. The van der Waals surface area contributed by atoms with E-state index in [2.05, 4.69) is 0 Å². The number of hydrogen-bond donors (Lipinski definition) is 2. The van der Waals surface area contributed by atoms with E-state index in [1.54, 1.807) is 0 Å². The molecule has 1 aromatic rings. The molecule has 0 aliphatic heterocycles. The molecule has 0 saturated heterocycles. The van der Waals surface area contributed by atoms with Gasteiger partial charge in [0.2, 0.25) is 0 Å². The Morgan fingerprint density at radius 3 is 2.71 bits per heavy atom. The zero-order valence-corrected chi connectivity index (χ0v) is 9.30. The summed E-state index contributed by atoms with van der Waals surface area (Å²) in [5.41, 5.74) is 0.0576. The van der Waals surface area contributed by atoms with E-state index in [0.29, 0.717) is 12.5 Å². The van der Waals surface area contributed by atoms with E-state index in [1.165, 1.54) is 25.0 Å². The molecule has 0 unspecified atom stereocenters. The molecule has 0 heterocycles. The normalized spacial score (nSPS) is 14.8. The minimum Gasteiger partial charge on any atom is -0.467 e.